The Morgan fingerprint density at radius 1 is 1.00 bits per heavy atom. The van der Waals surface area contributed by atoms with Gasteiger partial charge >= 0.3 is 0 Å². The van der Waals surface area contributed by atoms with Crippen molar-refractivity contribution in [1.29, 1.82) is 5.26 Å². The molecule has 1 saturated heterocycles. The summed E-state index contributed by atoms with van der Waals surface area (Å²) in [5.41, 5.74) is 2.73. The predicted octanol–water partition coefficient (Wildman–Crippen LogP) is 3.87. The minimum atomic E-state index is 0.627. The third kappa shape index (κ3) is 4.15. The van der Waals surface area contributed by atoms with Crippen LogP contribution < -0.4 is 4.90 Å². The van der Waals surface area contributed by atoms with Gasteiger partial charge in [-0.3, -0.25) is 0 Å². The number of nitrogens with zero attached hydrogens (tertiary/aromatic N) is 5. The van der Waals surface area contributed by atoms with Crippen molar-refractivity contribution >= 4 is 22.7 Å². The van der Waals surface area contributed by atoms with Crippen molar-refractivity contribution in [2.45, 2.75) is 0 Å². The summed E-state index contributed by atoms with van der Waals surface area (Å²) >= 11 is 1.42. The van der Waals surface area contributed by atoms with Gasteiger partial charge in [0, 0.05) is 43.3 Å². The number of aromatic nitrogens is 2. The highest BCUT2D eigenvalue weighted by molar-refractivity contribution is 7.09. The molecule has 2 heterocycles. The first-order chi connectivity index (χ1) is 13.3. The van der Waals surface area contributed by atoms with Gasteiger partial charge in [-0.15, -0.1) is 0 Å². The summed E-state index contributed by atoms with van der Waals surface area (Å²) in [6, 6.07) is 19.9. The van der Waals surface area contributed by atoms with Crippen molar-refractivity contribution in [1.82, 2.24) is 14.3 Å². The summed E-state index contributed by atoms with van der Waals surface area (Å²) in [5, 5.41) is 10.00. The zero-order chi connectivity index (χ0) is 18.5. The molecule has 0 bridgehead atoms. The Morgan fingerprint density at radius 2 is 1.81 bits per heavy atom. The van der Waals surface area contributed by atoms with E-state index in [9.17, 15) is 0 Å². The SMILES string of the molecule is N#Cc1cccc(-c2nsc(N3CCN(C=Cc4ccccc4)CC3)n2)c1. The minimum absolute atomic E-state index is 0.627. The fourth-order valence-electron chi connectivity index (χ4n) is 3.01. The van der Waals surface area contributed by atoms with Crippen LogP contribution in [0.4, 0.5) is 5.13 Å². The van der Waals surface area contributed by atoms with Gasteiger partial charge < -0.3 is 9.80 Å². The molecular formula is C21H19N5S. The normalized spacial score (nSPS) is 14.5. The summed E-state index contributed by atoms with van der Waals surface area (Å²) in [4.78, 5) is 9.30. The molecule has 4 rings (SSSR count). The van der Waals surface area contributed by atoms with Gasteiger partial charge in [0.25, 0.3) is 0 Å². The second-order valence-corrected chi connectivity index (χ2v) is 7.07. The molecule has 2 aromatic carbocycles. The summed E-state index contributed by atoms with van der Waals surface area (Å²) in [6.07, 6.45) is 4.33. The summed E-state index contributed by atoms with van der Waals surface area (Å²) < 4.78 is 4.48. The van der Waals surface area contributed by atoms with Crippen LogP contribution in [0.2, 0.25) is 0 Å². The summed E-state index contributed by atoms with van der Waals surface area (Å²) in [5.74, 6) is 0.693. The highest BCUT2D eigenvalue weighted by Gasteiger charge is 2.19. The molecule has 0 aliphatic carbocycles. The molecule has 1 aliphatic heterocycles. The second kappa shape index (κ2) is 8.02. The van der Waals surface area contributed by atoms with Gasteiger partial charge in [-0.2, -0.15) is 14.6 Å². The number of rotatable bonds is 4. The molecule has 27 heavy (non-hydrogen) atoms. The molecule has 6 heteroatoms. The number of hydrogen-bond acceptors (Lipinski definition) is 6. The third-order valence-corrected chi connectivity index (χ3v) is 5.30. The van der Waals surface area contributed by atoms with Crippen molar-refractivity contribution in [2.24, 2.45) is 0 Å². The topological polar surface area (TPSA) is 56.1 Å². The lowest BCUT2D eigenvalue weighted by molar-refractivity contribution is 0.351. The largest absolute Gasteiger partial charge is 0.374 e. The molecule has 0 atom stereocenters. The number of piperazine rings is 1. The third-order valence-electron chi connectivity index (χ3n) is 4.53. The Bertz CT molecular complexity index is 965. The molecule has 0 amide bonds. The predicted molar refractivity (Wildman–Crippen MR) is 109 cm³/mol. The van der Waals surface area contributed by atoms with E-state index in [2.05, 4.69) is 61.8 Å². The van der Waals surface area contributed by atoms with Gasteiger partial charge in [0.05, 0.1) is 11.6 Å². The van der Waals surface area contributed by atoms with Crippen LogP contribution in [-0.4, -0.2) is 40.4 Å². The smallest absolute Gasteiger partial charge is 0.205 e. The van der Waals surface area contributed by atoms with E-state index < -0.39 is 0 Å². The van der Waals surface area contributed by atoms with E-state index in [1.54, 1.807) is 6.07 Å². The quantitative estimate of drug-likeness (QED) is 0.695. The van der Waals surface area contributed by atoms with E-state index in [0.717, 1.165) is 36.9 Å². The Balaban J connectivity index is 1.38. The summed E-state index contributed by atoms with van der Waals surface area (Å²) in [6.45, 7) is 3.77. The van der Waals surface area contributed by atoms with E-state index in [4.69, 9.17) is 5.26 Å². The van der Waals surface area contributed by atoms with Gasteiger partial charge in [-0.05, 0) is 30.0 Å². The first kappa shape index (κ1) is 17.3. The average Bonchev–Trinajstić information content (AvgIpc) is 3.24. The number of benzene rings is 2. The van der Waals surface area contributed by atoms with Crippen LogP contribution in [0.3, 0.4) is 0 Å². The number of hydrogen-bond donors (Lipinski definition) is 0. The van der Waals surface area contributed by atoms with Gasteiger partial charge in [-0.1, -0.05) is 42.5 Å². The van der Waals surface area contributed by atoms with E-state index in [-0.39, 0.29) is 0 Å². The lowest BCUT2D eigenvalue weighted by atomic mass is 10.1. The lowest BCUT2D eigenvalue weighted by Crippen LogP contribution is -2.44. The van der Waals surface area contributed by atoms with Crippen molar-refractivity contribution in [2.75, 3.05) is 31.1 Å². The molecule has 0 spiro atoms. The maximum atomic E-state index is 9.05. The standard InChI is InChI=1S/C21H19N5S/c22-16-18-7-4-8-19(15-18)20-23-21(27-24-20)26-13-11-25(12-14-26)10-9-17-5-2-1-3-6-17/h1-10,15H,11-14H2. The zero-order valence-corrected chi connectivity index (χ0v) is 15.6. The monoisotopic (exact) mass is 373 g/mol. The van der Waals surface area contributed by atoms with E-state index >= 15 is 0 Å². The average molecular weight is 373 g/mol. The fraction of sp³-hybridized carbons (Fsp3) is 0.190. The Hall–Kier alpha value is -3.17. The van der Waals surface area contributed by atoms with E-state index in [0.29, 0.717) is 11.4 Å². The molecule has 1 fully saturated rings. The lowest BCUT2D eigenvalue weighted by Gasteiger charge is -2.33. The first-order valence-electron chi connectivity index (χ1n) is 8.88. The molecule has 0 radical (unpaired) electrons. The summed E-state index contributed by atoms with van der Waals surface area (Å²) in [7, 11) is 0. The highest BCUT2D eigenvalue weighted by atomic mass is 32.1. The minimum Gasteiger partial charge on any atom is -0.374 e. The Kier molecular flexibility index (Phi) is 5.13. The van der Waals surface area contributed by atoms with E-state index in [1.807, 2.05) is 24.3 Å². The maximum absolute atomic E-state index is 9.05. The molecule has 3 aromatic rings. The molecule has 0 unspecified atom stereocenters. The van der Waals surface area contributed by atoms with Crippen LogP contribution >= 0.6 is 11.5 Å². The van der Waals surface area contributed by atoms with Crippen molar-refractivity contribution in [3.63, 3.8) is 0 Å². The van der Waals surface area contributed by atoms with Crippen LogP contribution in [0.5, 0.6) is 0 Å². The zero-order valence-electron chi connectivity index (χ0n) is 14.8. The highest BCUT2D eigenvalue weighted by Crippen LogP contribution is 2.25. The van der Waals surface area contributed by atoms with Gasteiger partial charge in [0.15, 0.2) is 5.82 Å². The van der Waals surface area contributed by atoms with Crippen LogP contribution in [0.1, 0.15) is 11.1 Å². The molecular weight excluding hydrogens is 354 g/mol. The first-order valence-corrected chi connectivity index (χ1v) is 9.66. The van der Waals surface area contributed by atoms with Crippen molar-refractivity contribution in [3.8, 4) is 17.5 Å². The molecule has 134 valence electrons. The van der Waals surface area contributed by atoms with Gasteiger partial charge in [-0.25, -0.2) is 0 Å². The van der Waals surface area contributed by atoms with Crippen molar-refractivity contribution < 1.29 is 0 Å². The molecule has 0 N–H and O–H groups in total. The van der Waals surface area contributed by atoms with Crippen molar-refractivity contribution in [3.05, 3.63) is 71.9 Å². The van der Waals surface area contributed by atoms with E-state index in [1.165, 1.54) is 17.1 Å². The Morgan fingerprint density at radius 3 is 2.59 bits per heavy atom. The molecule has 5 nitrogen and oxygen atoms in total. The van der Waals surface area contributed by atoms with Crippen LogP contribution in [0.25, 0.3) is 17.5 Å². The van der Waals surface area contributed by atoms with Crippen LogP contribution in [0.15, 0.2) is 60.8 Å². The van der Waals surface area contributed by atoms with Gasteiger partial charge in [0.2, 0.25) is 5.13 Å². The Labute approximate surface area is 163 Å². The van der Waals surface area contributed by atoms with Gasteiger partial charge in [0.1, 0.15) is 0 Å². The van der Waals surface area contributed by atoms with Crippen LogP contribution in [0, 0.1) is 11.3 Å². The number of nitriles is 1. The molecule has 0 saturated carbocycles. The maximum Gasteiger partial charge on any atom is 0.205 e. The number of anilines is 1. The molecule has 1 aromatic heterocycles. The second-order valence-electron chi connectivity index (χ2n) is 6.34. The fourth-order valence-corrected chi connectivity index (χ4v) is 3.75. The molecule has 1 aliphatic rings. The van der Waals surface area contributed by atoms with Crippen LogP contribution in [-0.2, 0) is 0 Å².